The van der Waals surface area contributed by atoms with Crippen LogP contribution in [0.15, 0.2) is 48.7 Å². The molecule has 0 unspecified atom stereocenters. The van der Waals surface area contributed by atoms with Gasteiger partial charge in [-0.1, -0.05) is 19.4 Å². The molecule has 3 rings (SSSR count). The summed E-state index contributed by atoms with van der Waals surface area (Å²) in [5.41, 5.74) is 4.27. The van der Waals surface area contributed by atoms with E-state index in [0.717, 1.165) is 42.1 Å². The van der Waals surface area contributed by atoms with Crippen LogP contribution in [-0.4, -0.2) is 16.0 Å². The van der Waals surface area contributed by atoms with Crippen molar-refractivity contribution in [3.8, 4) is 17.0 Å². The third-order valence-corrected chi connectivity index (χ3v) is 3.61. The SMILES string of the molecule is CCCCOc1ccc(-c2cn3c(C)cccc3n2)cc1.[Br-]. The van der Waals surface area contributed by atoms with Gasteiger partial charge in [0.2, 0.25) is 0 Å². The van der Waals surface area contributed by atoms with Gasteiger partial charge in [0.15, 0.2) is 0 Å². The maximum atomic E-state index is 5.69. The van der Waals surface area contributed by atoms with E-state index < -0.39 is 0 Å². The molecule has 2 heterocycles. The summed E-state index contributed by atoms with van der Waals surface area (Å²) >= 11 is 0. The smallest absolute Gasteiger partial charge is 0.137 e. The zero-order valence-electron chi connectivity index (χ0n) is 12.9. The lowest BCUT2D eigenvalue weighted by molar-refractivity contribution is -0.00000497. The van der Waals surface area contributed by atoms with Crippen molar-refractivity contribution in [2.75, 3.05) is 6.61 Å². The lowest BCUT2D eigenvalue weighted by Gasteiger charge is -2.05. The molecule has 0 fully saturated rings. The second kappa shape index (κ2) is 7.45. The van der Waals surface area contributed by atoms with Crippen LogP contribution in [0.4, 0.5) is 0 Å². The molecule has 0 N–H and O–H groups in total. The molecule has 4 heteroatoms. The van der Waals surface area contributed by atoms with Crippen molar-refractivity contribution in [3.05, 3.63) is 54.4 Å². The minimum Gasteiger partial charge on any atom is -1.00 e. The van der Waals surface area contributed by atoms with Gasteiger partial charge in [0.25, 0.3) is 0 Å². The summed E-state index contributed by atoms with van der Waals surface area (Å²) in [5, 5.41) is 0. The standard InChI is InChI=1S/C18H20N2O.BrH/c1-3-4-12-21-16-10-8-15(9-11-16)17-13-20-14(2)6-5-7-18(20)19-17;/h5-11,13H,3-4,12H2,1-2H3;1H/p-1. The third-order valence-electron chi connectivity index (χ3n) is 3.61. The van der Waals surface area contributed by atoms with E-state index in [1.165, 1.54) is 5.69 Å². The van der Waals surface area contributed by atoms with Crippen molar-refractivity contribution < 1.29 is 21.7 Å². The van der Waals surface area contributed by atoms with Gasteiger partial charge in [0.05, 0.1) is 12.3 Å². The number of rotatable bonds is 5. The first-order valence-electron chi connectivity index (χ1n) is 7.46. The van der Waals surface area contributed by atoms with Gasteiger partial charge in [-0.2, -0.15) is 0 Å². The predicted molar refractivity (Wildman–Crippen MR) is 85.8 cm³/mol. The molecule has 0 atom stereocenters. The van der Waals surface area contributed by atoms with E-state index in [1.54, 1.807) is 0 Å². The number of halogens is 1. The summed E-state index contributed by atoms with van der Waals surface area (Å²) in [6.07, 6.45) is 4.32. The molecule has 0 aliphatic heterocycles. The zero-order valence-corrected chi connectivity index (χ0v) is 14.5. The molecule has 0 aliphatic carbocycles. The van der Waals surface area contributed by atoms with Crippen LogP contribution < -0.4 is 21.7 Å². The molecule has 0 amide bonds. The topological polar surface area (TPSA) is 26.5 Å². The first-order valence-corrected chi connectivity index (χ1v) is 7.46. The van der Waals surface area contributed by atoms with Crippen LogP contribution in [0.25, 0.3) is 16.9 Å². The number of fused-ring (bicyclic) bond motifs is 1. The number of benzene rings is 1. The van der Waals surface area contributed by atoms with Gasteiger partial charge in [-0.3, -0.25) is 0 Å². The van der Waals surface area contributed by atoms with Crippen LogP contribution >= 0.6 is 0 Å². The van der Waals surface area contributed by atoms with Crippen LogP contribution in [0.3, 0.4) is 0 Å². The van der Waals surface area contributed by atoms with Gasteiger partial charge in [0.1, 0.15) is 11.4 Å². The molecule has 0 spiro atoms. The number of pyridine rings is 1. The van der Waals surface area contributed by atoms with E-state index in [0.29, 0.717) is 0 Å². The van der Waals surface area contributed by atoms with Crippen molar-refractivity contribution in [2.24, 2.45) is 0 Å². The molecule has 0 saturated heterocycles. The van der Waals surface area contributed by atoms with Crippen LogP contribution in [0.2, 0.25) is 0 Å². The van der Waals surface area contributed by atoms with E-state index in [4.69, 9.17) is 4.74 Å². The van der Waals surface area contributed by atoms with Crippen molar-refractivity contribution in [2.45, 2.75) is 26.7 Å². The van der Waals surface area contributed by atoms with Crippen LogP contribution in [-0.2, 0) is 0 Å². The number of hydrogen-bond acceptors (Lipinski definition) is 2. The molecule has 3 aromatic rings. The highest BCUT2D eigenvalue weighted by molar-refractivity contribution is 5.63. The summed E-state index contributed by atoms with van der Waals surface area (Å²) < 4.78 is 7.80. The molecule has 0 radical (unpaired) electrons. The second-order valence-corrected chi connectivity index (χ2v) is 5.25. The van der Waals surface area contributed by atoms with Crippen molar-refractivity contribution in [3.63, 3.8) is 0 Å². The molecule has 2 aromatic heterocycles. The van der Waals surface area contributed by atoms with Gasteiger partial charge < -0.3 is 26.1 Å². The molecular formula is C18H20BrN2O-. The highest BCUT2D eigenvalue weighted by atomic mass is 79.9. The molecule has 0 aliphatic rings. The van der Waals surface area contributed by atoms with Gasteiger partial charge in [0, 0.05) is 17.5 Å². The molecule has 1 aromatic carbocycles. The highest BCUT2D eigenvalue weighted by Crippen LogP contribution is 2.23. The van der Waals surface area contributed by atoms with Gasteiger partial charge in [-0.15, -0.1) is 0 Å². The highest BCUT2D eigenvalue weighted by Gasteiger charge is 2.05. The molecule has 0 saturated carbocycles. The first-order chi connectivity index (χ1) is 10.3. The van der Waals surface area contributed by atoms with E-state index >= 15 is 0 Å². The maximum absolute atomic E-state index is 5.69. The Morgan fingerprint density at radius 2 is 1.86 bits per heavy atom. The Morgan fingerprint density at radius 3 is 2.55 bits per heavy atom. The van der Waals surface area contributed by atoms with E-state index in [1.807, 2.05) is 24.3 Å². The molecular weight excluding hydrogens is 340 g/mol. The number of ether oxygens (including phenoxy) is 1. The Hall–Kier alpha value is -1.81. The van der Waals surface area contributed by atoms with Crippen LogP contribution in [0.1, 0.15) is 25.5 Å². The summed E-state index contributed by atoms with van der Waals surface area (Å²) in [6.45, 7) is 5.03. The monoisotopic (exact) mass is 359 g/mol. The molecule has 0 bridgehead atoms. The fourth-order valence-corrected chi connectivity index (χ4v) is 2.34. The lowest BCUT2D eigenvalue weighted by atomic mass is 10.1. The summed E-state index contributed by atoms with van der Waals surface area (Å²) in [6, 6.07) is 14.3. The van der Waals surface area contributed by atoms with Gasteiger partial charge in [-0.05, 0) is 49.7 Å². The molecule has 3 nitrogen and oxygen atoms in total. The number of hydrogen-bond donors (Lipinski definition) is 0. The summed E-state index contributed by atoms with van der Waals surface area (Å²) in [5.74, 6) is 0.923. The Bertz CT molecular complexity index is 734. The fourth-order valence-electron chi connectivity index (χ4n) is 2.34. The number of aryl methyl sites for hydroxylation is 1. The average molecular weight is 360 g/mol. The normalized spacial score (nSPS) is 10.5. The number of aromatic nitrogens is 2. The van der Waals surface area contributed by atoms with Crippen LogP contribution in [0, 0.1) is 6.92 Å². The summed E-state index contributed by atoms with van der Waals surface area (Å²) in [7, 11) is 0. The maximum Gasteiger partial charge on any atom is 0.137 e. The Morgan fingerprint density at radius 1 is 1.09 bits per heavy atom. The van der Waals surface area contributed by atoms with Crippen molar-refractivity contribution in [1.82, 2.24) is 9.38 Å². The Labute approximate surface area is 141 Å². The van der Waals surface area contributed by atoms with Gasteiger partial charge in [-0.25, -0.2) is 4.98 Å². The average Bonchev–Trinajstić information content (AvgIpc) is 2.94. The third kappa shape index (κ3) is 3.50. The number of nitrogens with zero attached hydrogens (tertiary/aromatic N) is 2. The predicted octanol–water partition coefficient (Wildman–Crippen LogP) is 1.49. The minimum absolute atomic E-state index is 0. The lowest BCUT2D eigenvalue weighted by Crippen LogP contribution is -3.00. The quantitative estimate of drug-likeness (QED) is 0.645. The van der Waals surface area contributed by atoms with E-state index in [9.17, 15) is 0 Å². The Balaban J connectivity index is 0.00000176. The summed E-state index contributed by atoms with van der Waals surface area (Å²) in [4.78, 5) is 4.67. The minimum atomic E-state index is 0. The molecule has 116 valence electrons. The zero-order chi connectivity index (χ0) is 14.7. The van der Waals surface area contributed by atoms with E-state index in [2.05, 4.69) is 47.6 Å². The Kier molecular flexibility index (Phi) is 5.61. The second-order valence-electron chi connectivity index (χ2n) is 5.25. The van der Waals surface area contributed by atoms with Crippen LogP contribution in [0.5, 0.6) is 5.75 Å². The first kappa shape index (κ1) is 16.6. The molecule has 22 heavy (non-hydrogen) atoms. The fraction of sp³-hybridized carbons (Fsp3) is 0.278. The van der Waals surface area contributed by atoms with Crippen molar-refractivity contribution in [1.29, 1.82) is 0 Å². The van der Waals surface area contributed by atoms with E-state index in [-0.39, 0.29) is 17.0 Å². The largest absolute Gasteiger partial charge is 1.00 e. The number of imidazole rings is 1. The number of unbranched alkanes of at least 4 members (excludes halogenated alkanes) is 1. The van der Waals surface area contributed by atoms with Gasteiger partial charge >= 0.3 is 0 Å². The van der Waals surface area contributed by atoms with Crippen molar-refractivity contribution >= 4 is 5.65 Å².